The Balaban J connectivity index is 1.56. The van der Waals surface area contributed by atoms with Crippen LogP contribution in [-0.2, 0) is 10.3 Å². The summed E-state index contributed by atoms with van der Waals surface area (Å²) in [5.74, 6) is 0.788. The topological polar surface area (TPSA) is 65.3 Å². The van der Waals surface area contributed by atoms with Gasteiger partial charge in [-0.3, -0.25) is 0 Å². The lowest BCUT2D eigenvalue weighted by Crippen LogP contribution is -2.38. The summed E-state index contributed by atoms with van der Waals surface area (Å²) in [7, 11) is 0. The summed E-state index contributed by atoms with van der Waals surface area (Å²) in [6.45, 7) is 9.10. The molecule has 0 unspecified atom stereocenters. The lowest BCUT2D eigenvalue weighted by molar-refractivity contribution is 0.122. The summed E-state index contributed by atoms with van der Waals surface area (Å²) in [5.41, 5.74) is 6.91. The molecule has 7 nitrogen and oxygen atoms in total. The summed E-state index contributed by atoms with van der Waals surface area (Å²) in [6.07, 6.45) is 0.0325. The second kappa shape index (κ2) is 12.2. The van der Waals surface area contributed by atoms with Crippen LogP contribution in [0.2, 0.25) is 0 Å². The Hall–Kier alpha value is -5.01. The van der Waals surface area contributed by atoms with Crippen molar-refractivity contribution in [1.29, 1.82) is 0 Å². The number of hydrogen-bond acceptors (Lipinski definition) is 6. The smallest absolute Gasteiger partial charge is 0.138 e. The zero-order chi connectivity index (χ0) is 30.8. The van der Waals surface area contributed by atoms with Crippen molar-refractivity contribution in [2.75, 3.05) is 31.2 Å². The van der Waals surface area contributed by atoms with E-state index in [1.54, 1.807) is 0 Å². The standard InChI is InChI=1S/C38H37N5O2/c1-27(2)45-32-19-20-35-33(25-32)37(34-26-36(28(3)39-40-34)42-21-23-44-24-22-42)41-43(35)38(29-13-7-4-8-14-29,30-15-9-5-10-16-30)31-17-11-6-12-18-31/h4-20,25-27H,21-24H2,1-3H3. The quantitative estimate of drug-likeness (QED) is 0.173. The highest BCUT2D eigenvalue weighted by atomic mass is 16.5. The van der Waals surface area contributed by atoms with Gasteiger partial charge < -0.3 is 14.4 Å². The minimum atomic E-state index is -0.786. The zero-order valence-corrected chi connectivity index (χ0v) is 25.9. The van der Waals surface area contributed by atoms with Crippen LogP contribution in [0.1, 0.15) is 36.2 Å². The van der Waals surface area contributed by atoms with E-state index in [9.17, 15) is 0 Å². The van der Waals surface area contributed by atoms with E-state index in [1.807, 2.05) is 26.8 Å². The van der Waals surface area contributed by atoms with E-state index in [2.05, 4.69) is 124 Å². The van der Waals surface area contributed by atoms with Crippen LogP contribution in [-0.4, -0.2) is 52.4 Å². The Morgan fingerprint density at radius 1 is 0.733 bits per heavy atom. The van der Waals surface area contributed by atoms with Gasteiger partial charge in [-0.2, -0.15) is 10.2 Å². The van der Waals surface area contributed by atoms with Crippen molar-refractivity contribution in [3.63, 3.8) is 0 Å². The molecule has 226 valence electrons. The summed E-state index contributed by atoms with van der Waals surface area (Å²) < 4.78 is 14.0. The third-order valence-electron chi connectivity index (χ3n) is 8.46. The monoisotopic (exact) mass is 595 g/mol. The van der Waals surface area contributed by atoms with Crippen LogP contribution in [0.4, 0.5) is 5.69 Å². The number of hydrogen-bond donors (Lipinski definition) is 0. The third-order valence-corrected chi connectivity index (χ3v) is 8.46. The van der Waals surface area contributed by atoms with Crippen molar-refractivity contribution >= 4 is 16.6 Å². The van der Waals surface area contributed by atoms with E-state index < -0.39 is 5.54 Å². The van der Waals surface area contributed by atoms with Crippen LogP contribution >= 0.6 is 0 Å². The molecule has 0 aliphatic carbocycles. The van der Waals surface area contributed by atoms with Crippen molar-refractivity contribution in [3.05, 3.63) is 138 Å². The number of nitrogens with zero attached hydrogens (tertiary/aromatic N) is 5. The SMILES string of the molecule is Cc1nnc(-c2nn(C(c3ccccc3)(c3ccccc3)c3ccccc3)c3ccc(OC(C)C)cc23)cc1N1CCOCC1. The van der Waals surface area contributed by atoms with Crippen LogP contribution < -0.4 is 9.64 Å². The average Bonchev–Trinajstić information content (AvgIpc) is 3.46. The van der Waals surface area contributed by atoms with Gasteiger partial charge in [0.25, 0.3) is 0 Å². The highest BCUT2D eigenvalue weighted by Crippen LogP contribution is 2.44. The fraction of sp³-hybridized carbons (Fsp3) is 0.237. The molecular weight excluding hydrogens is 558 g/mol. The van der Waals surface area contributed by atoms with Crippen LogP contribution in [0.3, 0.4) is 0 Å². The maximum Gasteiger partial charge on any atom is 0.138 e. The van der Waals surface area contributed by atoms with Crippen molar-refractivity contribution in [3.8, 4) is 17.1 Å². The van der Waals surface area contributed by atoms with Gasteiger partial charge in [0.2, 0.25) is 0 Å². The van der Waals surface area contributed by atoms with Crippen molar-refractivity contribution < 1.29 is 9.47 Å². The van der Waals surface area contributed by atoms with Gasteiger partial charge in [-0.15, -0.1) is 5.10 Å². The Morgan fingerprint density at radius 2 is 1.31 bits per heavy atom. The molecule has 7 rings (SSSR count). The van der Waals surface area contributed by atoms with Crippen LogP contribution in [0, 0.1) is 6.92 Å². The number of aryl methyl sites for hydroxylation is 1. The first-order valence-corrected chi connectivity index (χ1v) is 15.6. The fourth-order valence-corrected chi connectivity index (χ4v) is 6.48. The van der Waals surface area contributed by atoms with Gasteiger partial charge in [0.1, 0.15) is 22.7 Å². The second-order valence-electron chi connectivity index (χ2n) is 11.7. The molecule has 3 heterocycles. The number of ether oxygens (including phenoxy) is 2. The van der Waals surface area contributed by atoms with Crippen LogP contribution in [0.5, 0.6) is 5.75 Å². The first-order chi connectivity index (χ1) is 22.1. The maximum atomic E-state index is 6.20. The molecule has 0 saturated carbocycles. The molecule has 0 spiro atoms. The number of aromatic nitrogens is 4. The molecule has 6 aromatic rings. The average molecular weight is 596 g/mol. The molecule has 1 saturated heterocycles. The number of rotatable bonds is 8. The van der Waals surface area contributed by atoms with Crippen molar-refractivity contribution in [2.45, 2.75) is 32.4 Å². The summed E-state index contributed by atoms with van der Waals surface area (Å²) in [5, 5.41) is 15.8. The molecule has 45 heavy (non-hydrogen) atoms. The minimum absolute atomic E-state index is 0.0325. The molecule has 7 heteroatoms. The molecule has 4 aromatic carbocycles. The molecule has 1 aliphatic heterocycles. The largest absolute Gasteiger partial charge is 0.491 e. The maximum absolute atomic E-state index is 6.20. The van der Waals surface area contributed by atoms with E-state index >= 15 is 0 Å². The molecule has 0 radical (unpaired) electrons. The van der Waals surface area contributed by atoms with E-state index in [1.165, 1.54) is 0 Å². The number of morpholine rings is 1. The van der Waals surface area contributed by atoms with Crippen LogP contribution in [0.15, 0.2) is 115 Å². The lowest BCUT2D eigenvalue weighted by Gasteiger charge is -2.37. The summed E-state index contributed by atoms with van der Waals surface area (Å²) in [4.78, 5) is 2.33. The highest BCUT2D eigenvalue weighted by Gasteiger charge is 2.41. The zero-order valence-electron chi connectivity index (χ0n) is 25.9. The molecule has 1 fully saturated rings. The predicted octanol–water partition coefficient (Wildman–Crippen LogP) is 7.27. The van der Waals surface area contributed by atoms with Gasteiger partial charge >= 0.3 is 0 Å². The normalized spacial score (nSPS) is 13.8. The van der Waals surface area contributed by atoms with E-state index in [4.69, 9.17) is 19.7 Å². The van der Waals surface area contributed by atoms with Gasteiger partial charge in [-0.05, 0) is 61.7 Å². The third kappa shape index (κ3) is 5.23. The molecule has 0 atom stereocenters. The molecule has 0 amide bonds. The Bertz CT molecular complexity index is 1800. The first-order valence-electron chi connectivity index (χ1n) is 15.6. The Morgan fingerprint density at radius 3 is 1.87 bits per heavy atom. The van der Waals surface area contributed by atoms with Gasteiger partial charge in [-0.25, -0.2) is 4.68 Å². The van der Waals surface area contributed by atoms with Crippen molar-refractivity contribution in [2.24, 2.45) is 0 Å². The summed E-state index contributed by atoms with van der Waals surface area (Å²) in [6, 6.07) is 40.2. The van der Waals surface area contributed by atoms with E-state index in [0.717, 1.165) is 69.2 Å². The van der Waals surface area contributed by atoms with Gasteiger partial charge in [0.05, 0.1) is 36.2 Å². The summed E-state index contributed by atoms with van der Waals surface area (Å²) >= 11 is 0. The second-order valence-corrected chi connectivity index (χ2v) is 11.7. The van der Waals surface area contributed by atoms with Gasteiger partial charge in [-0.1, -0.05) is 91.0 Å². The van der Waals surface area contributed by atoms with Gasteiger partial charge in [0.15, 0.2) is 0 Å². The lowest BCUT2D eigenvalue weighted by atomic mass is 9.77. The minimum Gasteiger partial charge on any atom is -0.491 e. The predicted molar refractivity (Wildman–Crippen MR) is 179 cm³/mol. The van der Waals surface area contributed by atoms with Gasteiger partial charge in [0, 0.05) is 18.5 Å². The molecular formula is C38H37N5O2. The fourth-order valence-electron chi connectivity index (χ4n) is 6.48. The molecule has 1 aliphatic rings. The first kappa shape index (κ1) is 28.7. The van der Waals surface area contributed by atoms with Crippen LogP contribution in [0.25, 0.3) is 22.3 Å². The molecule has 0 bridgehead atoms. The number of benzene rings is 4. The molecule has 2 aromatic heterocycles. The Kier molecular flexibility index (Phi) is 7.78. The van der Waals surface area contributed by atoms with E-state index in [0.29, 0.717) is 13.2 Å². The molecule has 0 N–H and O–H groups in total. The van der Waals surface area contributed by atoms with Crippen molar-refractivity contribution in [1.82, 2.24) is 20.0 Å². The highest BCUT2D eigenvalue weighted by molar-refractivity contribution is 5.94. The Labute approximate surface area is 264 Å². The number of anilines is 1. The van der Waals surface area contributed by atoms with E-state index in [-0.39, 0.29) is 6.10 Å². The number of fused-ring (bicyclic) bond motifs is 1.